The van der Waals surface area contributed by atoms with Crippen molar-refractivity contribution in [2.24, 2.45) is 0 Å². The molecule has 178 valence electrons. The molecule has 1 atom stereocenters. The smallest absolute Gasteiger partial charge is 0.252 e. The number of nitrogens with one attached hydrogen (secondary N) is 1. The van der Waals surface area contributed by atoms with Crippen LogP contribution in [0.5, 0.6) is 0 Å². The second-order valence-corrected chi connectivity index (χ2v) is 10.3. The average molecular weight is 451 g/mol. The van der Waals surface area contributed by atoms with Gasteiger partial charge in [-0.25, -0.2) is 4.68 Å². The van der Waals surface area contributed by atoms with Gasteiger partial charge in [0, 0.05) is 18.2 Å². The highest BCUT2D eigenvalue weighted by Crippen LogP contribution is 2.35. The first-order chi connectivity index (χ1) is 15.7. The number of nitrogens with zero attached hydrogens (tertiary/aromatic N) is 5. The van der Waals surface area contributed by atoms with Crippen LogP contribution >= 0.6 is 0 Å². The van der Waals surface area contributed by atoms with E-state index in [0.717, 1.165) is 53.5 Å². The molecule has 2 heterocycles. The van der Waals surface area contributed by atoms with Crippen LogP contribution in [0.1, 0.15) is 94.8 Å². The van der Waals surface area contributed by atoms with Gasteiger partial charge in [0.05, 0.1) is 17.1 Å². The Morgan fingerprint density at radius 1 is 1.18 bits per heavy atom. The van der Waals surface area contributed by atoms with Gasteiger partial charge in [0.2, 0.25) is 0 Å². The van der Waals surface area contributed by atoms with Crippen molar-refractivity contribution in [3.8, 4) is 0 Å². The highest BCUT2D eigenvalue weighted by molar-refractivity contribution is 5.82. The Labute approximate surface area is 196 Å². The summed E-state index contributed by atoms with van der Waals surface area (Å²) in [5.74, 6) is 0.903. The largest absolute Gasteiger partial charge is 0.321 e. The van der Waals surface area contributed by atoms with Crippen LogP contribution in [0.25, 0.3) is 10.9 Å². The van der Waals surface area contributed by atoms with Gasteiger partial charge in [0.1, 0.15) is 0 Å². The van der Waals surface area contributed by atoms with E-state index in [0.29, 0.717) is 12.6 Å². The molecule has 0 amide bonds. The first-order valence-corrected chi connectivity index (χ1v) is 12.4. The van der Waals surface area contributed by atoms with Crippen molar-refractivity contribution in [2.75, 3.05) is 0 Å². The lowest BCUT2D eigenvalue weighted by Gasteiger charge is -2.36. The van der Waals surface area contributed by atoms with Crippen molar-refractivity contribution in [1.82, 2.24) is 30.1 Å². The minimum atomic E-state index is -0.164. The Morgan fingerprint density at radius 3 is 2.58 bits per heavy atom. The molecule has 1 saturated carbocycles. The topological polar surface area (TPSA) is 79.7 Å². The molecule has 7 heteroatoms. The molecule has 0 aliphatic heterocycles. The van der Waals surface area contributed by atoms with Gasteiger partial charge in [-0.15, -0.1) is 5.10 Å². The number of fused-ring (bicyclic) bond motifs is 1. The number of rotatable bonds is 8. The third-order valence-electron chi connectivity index (χ3n) is 7.53. The number of H-pyrrole nitrogens is 1. The van der Waals surface area contributed by atoms with E-state index < -0.39 is 0 Å². The highest BCUT2D eigenvalue weighted by atomic mass is 16.1. The lowest BCUT2D eigenvalue weighted by molar-refractivity contribution is 0.106. The van der Waals surface area contributed by atoms with Crippen LogP contribution in [0.2, 0.25) is 0 Å². The molecule has 7 nitrogen and oxygen atoms in total. The molecular formula is C26H38N6O. The number of tetrazole rings is 1. The number of aromatic nitrogens is 5. The molecule has 0 saturated heterocycles. The molecular weight excluding hydrogens is 412 g/mol. The van der Waals surface area contributed by atoms with E-state index in [9.17, 15) is 4.79 Å². The minimum absolute atomic E-state index is 0.000725. The van der Waals surface area contributed by atoms with E-state index in [2.05, 4.69) is 85.2 Å². The number of aryl methyl sites for hydroxylation is 2. The highest BCUT2D eigenvalue weighted by Gasteiger charge is 2.35. The summed E-state index contributed by atoms with van der Waals surface area (Å²) in [6.45, 7) is 13.5. The quantitative estimate of drug-likeness (QED) is 0.512. The number of hydrogen-bond donors (Lipinski definition) is 1. The zero-order chi connectivity index (χ0) is 23.8. The summed E-state index contributed by atoms with van der Waals surface area (Å²) in [5, 5.41) is 14.1. The Morgan fingerprint density at radius 2 is 1.91 bits per heavy atom. The summed E-state index contributed by atoms with van der Waals surface area (Å²) in [4.78, 5) is 18.8. The molecule has 0 radical (unpaired) electrons. The molecule has 0 bridgehead atoms. The lowest BCUT2D eigenvalue weighted by atomic mass is 10.00. The Balaban J connectivity index is 1.77. The van der Waals surface area contributed by atoms with Crippen molar-refractivity contribution < 1.29 is 0 Å². The van der Waals surface area contributed by atoms with Gasteiger partial charge in [-0.1, -0.05) is 38.3 Å². The number of benzene rings is 1. The molecule has 1 N–H and O–H groups in total. The van der Waals surface area contributed by atoms with E-state index in [1.807, 2.05) is 4.68 Å². The van der Waals surface area contributed by atoms with Gasteiger partial charge in [-0.05, 0) is 86.9 Å². The van der Waals surface area contributed by atoms with Crippen LogP contribution < -0.4 is 5.56 Å². The normalized spacial score (nSPS) is 16.2. The van der Waals surface area contributed by atoms with Crippen molar-refractivity contribution in [2.45, 2.75) is 104 Å². The van der Waals surface area contributed by atoms with Gasteiger partial charge in [-0.3, -0.25) is 9.69 Å². The van der Waals surface area contributed by atoms with Gasteiger partial charge in [0.15, 0.2) is 5.82 Å². The molecule has 1 aromatic carbocycles. The Bertz CT molecular complexity index is 1170. The maximum Gasteiger partial charge on any atom is 0.252 e. The van der Waals surface area contributed by atoms with Crippen molar-refractivity contribution in [1.29, 1.82) is 0 Å². The standard InChI is InChI=1S/C26H38N6O/c1-7-22(24-28-29-30-32(24)26(5,6)8-2)31(21-11-9-10-12-21)16-20-15-19-14-17(3)13-18(4)23(19)27-25(20)33/h13-15,21-22H,7-12,16H2,1-6H3,(H,27,33)/t22-/m0/s1. The van der Waals surface area contributed by atoms with E-state index >= 15 is 0 Å². The molecule has 0 spiro atoms. The van der Waals surface area contributed by atoms with Crippen LogP contribution in [0.3, 0.4) is 0 Å². The molecule has 3 aromatic rings. The molecule has 0 unspecified atom stereocenters. The van der Waals surface area contributed by atoms with E-state index in [-0.39, 0.29) is 17.1 Å². The number of pyridine rings is 1. The molecule has 2 aromatic heterocycles. The maximum absolute atomic E-state index is 13.2. The summed E-state index contributed by atoms with van der Waals surface area (Å²) in [7, 11) is 0. The predicted molar refractivity (Wildman–Crippen MR) is 132 cm³/mol. The zero-order valence-electron chi connectivity index (χ0n) is 21.0. The molecule has 1 aliphatic rings. The summed E-state index contributed by atoms with van der Waals surface area (Å²) in [6, 6.07) is 6.85. The monoisotopic (exact) mass is 450 g/mol. The number of hydrogen-bond acceptors (Lipinski definition) is 5. The van der Waals surface area contributed by atoms with Gasteiger partial charge in [-0.2, -0.15) is 0 Å². The lowest BCUT2D eigenvalue weighted by Crippen LogP contribution is -2.40. The van der Waals surface area contributed by atoms with E-state index in [1.54, 1.807) is 0 Å². The molecule has 1 fully saturated rings. The minimum Gasteiger partial charge on any atom is -0.321 e. The van der Waals surface area contributed by atoms with Gasteiger partial charge in [0.25, 0.3) is 5.56 Å². The summed E-state index contributed by atoms with van der Waals surface area (Å²) in [6.07, 6.45) is 6.59. The van der Waals surface area contributed by atoms with E-state index in [4.69, 9.17) is 0 Å². The number of aromatic amines is 1. The first-order valence-electron chi connectivity index (χ1n) is 12.4. The third-order valence-corrected chi connectivity index (χ3v) is 7.53. The summed E-state index contributed by atoms with van der Waals surface area (Å²) in [5.41, 5.74) is 3.89. The van der Waals surface area contributed by atoms with Gasteiger partial charge >= 0.3 is 0 Å². The fraction of sp³-hybridized carbons (Fsp3) is 0.615. The second-order valence-electron chi connectivity index (χ2n) is 10.3. The molecule has 33 heavy (non-hydrogen) atoms. The Hall–Kier alpha value is -2.54. The van der Waals surface area contributed by atoms with Crippen LogP contribution in [0.4, 0.5) is 0 Å². The Kier molecular flexibility index (Phi) is 6.71. The average Bonchev–Trinajstić information content (AvgIpc) is 3.47. The van der Waals surface area contributed by atoms with Crippen LogP contribution in [0, 0.1) is 13.8 Å². The van der Waals surface area contributed by atoms with Crippen LogP contribution in [0.15, 0.2) is 23.0 Å². The van der Waals surface area contributed by atoms with Crippen molar-refractivity contribution >= 4 is 10.9 Å². The zero-order valence-corrected chi connectivity index (χ0v) is 21.0. The maximum atomic E-state index is 13.2. The van der Waals surface area contributed by atoms with Crippen LogP contribution in [-0.4, -0.2) is 36.1 Å². The van der Waals surface area contributed by atoms with E-state index in [1.165, 1.54) is 18.4 Å². The molecule has 4 rings (SSSR count). The fourth-order valence-corrected chi connectivity index (χ4v) is 5.32. The first kappa shape index (κ1) is 23.6. The van der Waals surface area contributed by atoms with Crippen LogP contribution in [-0.2, 0) is 12.1 Å². The summed E-state index contributed by atoms with van der Waals surface area (Å²) >= 11 is 0. The van der Waals surface area contributed by atoms with Crippen molar-refractivity contribution in [3.63, 3.8) is 0 Å². The SMILES string of the molecule is CC[C@@H](c1nnnn1C(C)(C)CC)N(Cc1cc2cc(C)cc(C)c2[nH]c1=O)C1CCCC1. The third kappa shape index (κ3) is 4.60. The van der Waals surface area contributed by atoms with Gasteiger partial charge < -0.3 is 4.98 Å². The summed E-state index contributed by atoms with van der Waals surface area (Å²) < 4.78 is 2.00. The predicted octanol–water partition coefficient (Wildman–Crippen LogP) is 5.17. The fourth-order valence-electron chi connectivity index (χ4n) is 5.32. The van der Waals surface area contributed by atoms with Crippen molar-refractivity contribution in [3.05, 3.63) is 51.1 Å². The second kappa shape index (κ2) is 9.37. The molecule has 1 aliphatic carbocycles.